The van der Waals surface area contributed by atoms with E-state index in [1.54, 1.807) is 0 Å². The van der Waals surface area contributed by atoms with Crippen molar-refractivity contribution >= 4 is 11.8 Å². The van der Waals surface area contributed by atoms with E-state index >= 15 is 0 Å². The molecule has 1 aliphatic rings. The standard InChI is InChI=1S/C20H25NOS/c1-15(2)17-10-6-7-11-19(17)23-20(16-8-4-3-5-9-16)18-14-21-12-13-22-18/h3-11,15,18,20-21H,12-14H2,1-2H3/t18-,20-/m0/s1. The van der Waals surface area contributed by atoms with Crippen LogP contribution in [0.15, 0.2) is 59.5 Å². The Hall–Kier alpha value is -1.29. The maximum absolute atomic E-state index is 6.08. The summed E-state index contributed by atoms with van der Waals surface area (Å²) in [7, 11) is 0. The molecule has 1 N–H and O–H groups in total. The maximum atomic E-state index is 6.08. The minimum atomic E-state index is 0.205. The number of thioether (sulfide) groups is 1. The molecule has 3 rings (SSSR count). The summed E-state index contributed by atoms with van der Waals surface area (Å²) < 4.78 is 6.08. The Labute approximate surface area is 143 Å². The molecule has 0 saturated carbocycles. The molecule has 1 saturated heterocycles. The lowest BCUT2D eigenvalue weighted by molar-refractivity contribution is 0.0273. The van der Waals surface area contributed by atoms with Gasteiger partial charge in [-0.3, -0.25) is 0 Å². The third-order valence-corrected chi connectivity index (χ3v) is 5.67. The van der Waals surface area contributed by atoms with E-state index < -0.39 is 0 Å². The van der Waals surface area contributed by atoms with E-state index in [-0.39, 0.29) is 6.10 Å². The SMILES string of the molecule is CC(C)c1ccccc1S[C@@H](c1ccccc1)[C@@H]1CNCCO1. The molecule has 0 bridgehead atoms. The lowest BCUT2D eigenvalue weighted by Crippen LogP contribution is -2.41. The molecule has 2 aromatic carbocycles. The molecule has 0 aromatic heterocycles. The Morgan fingerprint density at radius 3 is 2.48 bits per heavy atom. The van der Waals surface area contributed by atoms with Crippen LogP contribution in [0.3, 0.4) is 0 Å². The zero-order valence-corrected chi connectivity index (χ0v) is 14.7. The van der Waals surface area contributed by atoms with Crippen molar-refractivity contribution in [2.45, 2.75) is 36.0 Å². The lowest BCUT2D eigenvalue weighted by Gasteiger charge is -2.31. The van der Waals surface area contributed by atoms with Gasteiger partial charge in [-0.2, -0.15) is 0 Å². The average molecular weight is 327 g/mol. The summed E-state index contributed by atoms with van der Waals surface area (Å²) in [5.41, 5.74) is 2.76. The van der Waals surface area contributed by atoms with Crippen LogP contribution >= 0.6 is 11.8 Å². The zero-order valence-electron chi connectivity index (χ0n) is 13.9. The molecule has 0 spiro atoms. The predicted molar refractivity (Wildman–Crippen MR) is 98.2 cm³/mol. The van der Waals surface area contributed by atoms with Crippen LogP contribution in [-0.4, -0.2) is 25.8 Å². The Morgan fingerprint density at radius 2 is 1.78 bits per heavy atom. The van der Waals surface area contributed by atoms with E-state index in [1.807, 2.05) is 11.8 Å². The molecule has 122 valence electrons. The summed E-state index contributed by atoms with van der Waals surface area (Å²) in [5.74, 6) is 0.528. The zero-order chi connectivity index (χ0) is 16.1. The van der Waals surface area contributed by atoms with Crippen molar-refractivity contribution in [2.24, 2.45) is 0 Å². The fourth-order valence-corrected chi connectivity index (χ4v) is 4.47. The van der Waals surface area contributed by atoms with Gasteiger partial charge in [-0.05, 0) is 23.1 Å². The van der Waals surface area contributed by atoms with Crippen LogP contribution in [0.25, 0.3) is 0 Å². The van der Waals surface area contributed by atoms with E-state index in [1.165, 1.54) is 16.0 Å². The Balaban J connectivity index is 1.90. The minimum absolute atomic E-state index is 0.205. The van der Waals surface area contributed by atoms with Crippen LogP contribution in [0, 0.1) is 0 Å². The molecule has 0 unspecified atom stereocenters. The Bertz CT molecular complexity index is 608. The highest BCUT2D eigenvalue weighted by molar-refractivity contribution is 7.99. The molecule has 2 nitrogen and oxygen atoms in total. The minimum Gasteiger partial charge on any atom is -0.374 e. The van der Waals surface area contributed by atoms with Gasteiger partial charge in [-0.15, -0.1) is 11.8 Å². The van der Waals surface area contributed by atoms with Crippen LogP contribution in [0.2, 0.25) is 0 Å². The molecular weight excluding hydrogens is 302 g/mol. The second-order valence-corrected chi connectivity index (χ2v) is 7.44. The molecule has 0 amide bonds. The van der Waals surface area contributed by atoms with E-state index in [4.69, 9.17) is 4.74 Å². The first kappa shape index (κ1) is 16.6. The second kappa shape index (κ2) is 8.00. The molecule has 23 heavy (non-hydrogen) atoms. The van der Waals surface area contributed by atoms with Gasteiger partial charge in [-0.1, -0.05) is 62.4 Å². The second-order valence-electron chi connectivity index (χ2n) is 6.26. The van der Waals surface area contributed by atoms with Crippen molar-refractivity contribution in [3.05, 3.63) is 65.7 Å². The van der Waals surface area contributed by atoms with Gasteiger partial charge in [0.15, 0.2) is 0 Å². The number of ether oxygens (including phenoxy) is 1. The van der Waals surface area contributed by atoms with Crippen LogP contribution in [0.1, 0.15) is 36.1 Å². The lowest BCUT2D eigenvalue weighted by atomic mass is 10.0. The van der Waals surface area contributed by atoms with Crippen molar-refractivity contribution in [1.29, 1.82) is 0 Å². The largest absolute Gasteiger partial charge is 0.374 e. The van der Waals surface area contributed by atoms with Crippen molar-refractivity contribution in [3.63, 3.8) is 0 Å². The first-order valence-electron chi connectivity index (χ1n) is 8.38. The summed E-state index contributed by atoms with van der Waals surface area (Å²) in [6, 6.07) is 19.5. The molecule has 2 aromatic rings. The number of nitrogens with one attached hydrogen (secondary N) is 1. The quantitative estimate of drug-likeness (QED) is 0.809. The number of benzene rings is 2. The fourth-order valence-electron chi connectivity index (χ4n) is 2.98. The van der Waals surface area contributed by atoms with E-state index in [2.05, 4.69) is 73.8 Å². The molecule has 1 fully saturated rings. The van der Waals surface area contributed by atoms with Gasteiger partial charge in [0.1, 0.15) is 0 Å². The number of rotatable bonds is 5. The maximum Gasteiger partial charge on any atom is 0.0862 e. The topological polar surface area (TPSA) is 21.3 Å². The van der Waals surface area contributed by atoms with Crippen LogP contribution in [0.5, 0.6) is 0 Å². The van der Waals surface area contributed by atoms with E-state index in [9.17, 15) is 0 Å². The van der Waals surface area contributed by atoms with Crippen LogP contribution in [-0.2, 0) is 4.74 Å². The summed E-state index contributed by atoms with van der Waals surface area (Å²) in [6.45, 7) is 7.17. The Kier molecular flexibility index (Phi) is 5.76. The molecule has 0 radical (unpaired) electrons. The number of hydrogen-bond donors (Lipinski definition) is 1. The first-order valence-corrected chi connectivity index (χ1v) is 9.26. The fraction of sp³-hybridized carbons (Fsp3) is 0.400. The summed E-state index contributed by atoms with van der Waals surface area (Å²) >= 11 is 1.94. The highest BCUT2D eigenvalue weighted by Gasteiger charge is 2.27. The van der Waals surface area contributed by atoms with Crippen LogP contribution < -0.4 is 5.32 Å². The summed E-state index contributed by atoms with van der Waals surface area (Å²) in [4.78, 5) is 1.37. The normalized spacial score (nSPS) is 19.7. The number of morpholine rings is 1. The van der Waals surface area contributed by atoms with E-state index in [0.29, 0.717) is 11.2 Å². The molecule has 3 heteroatoms. The van der Waals surface area contributed by atoms with Gasteiger partial charge in [-0.25, -0.2) is 0 Å². The van der Waals surface area contributed by atoms with Crippen molar-refractivity contribution in [1.82, 2.24) is 5.32 Å². The first-order chi connectivity index (χ1) is 11.3. The van der Waals surface area contributed by atoms with Gasteiger partial charge in [0.2, 0.25) is 0 Å². The van der Waals surface area contributed by atoms with Gasteiger partial charge in [0.25, 0.3) is 0 Å². The van der Waals surface area contributed by atoms with Gasteiger partial charge >= 0.3 is 0 Å². The highest BCUT2D eigenvalue weighted by Crippen LogP contribution is 2.42. The third kappa shape index (κ3) is 4.17. The van der Waals surface area contributed by atoms with E-state index in [0.717, 1.165) is 19.7 Å². The molecule has 2 atom stereocenters. The summed E-state index contributed by atoms with van der Waals surface area (Å²) in [6.07, 6.45) is 0.205. The third-order valence-electron chi connectivity index (χ3n) is 4.22. The van der Waals surface area contributed by atoms with Crippen molar-refractivity contribution in [3.8, 4) is 0 Å². The van der Waals surface area contributed by atoms with Crippen LogP contribution in [0.4, 0.5) is 0 Å². The van der Waals surface area contributed by atoms with Crippen molar-refractivity contribution in [2.75, 3.05) is 19.7 Å². The van der Waals surface area contributed by atoms with Crippen molar-refractivity contribution < 1.29 is 4.74 Å². The van der Waals surface area contributed by atoms with Gasteiger partial charge in [0, 0.05) is 18.0 Å². The average Bonchev–Trinajstić information content (AvgIpc) is 2.61. The summed E-state index contributed by atoms with van der Waals surface area (Å²) in [5, 5.41) is 3.78. The molecular formula is C20H25NOS. The van der Waals surface area contributed by atoms with Gasteiger partial charge < -0.3 is 10.1 Å². The number of hydrogen-bond acceptors (Lipinski definition) is 3. The van der Waals surface area contributed by atoms with Gasteiger partial charge in [0.05, 0.1) is 18.0 Å². The smallest absolute Gasteiger partial charge is 0.0862 e. The molecule has 0 aliphatic carbocycles. The predicted octanol–water partition coefficient (Wildman–Crippen LogP) is 4.63. The monoisotopic (exact) mass is 327 g/mol. The Morgan fingerprint density at radius 1 is 1.04 bits per heavy atom. The molecule has 1 aliphatic heterocycles. The molecule has 1 heterocycles. The highest BCUT2D eigenvalue weighted by atomic mass is 32.2.